The quantitative estimate of drug-likeness (QED) is 0.413. The van der Waals surface area contributed by atoms with Crippen LogP contribution in [0.5, 0.6) is 0 Å². The molecule has 0 bridgehead atoms. The number of rotatable bonds is 8. The van der Waals surface area contributed by atoms with E-state index in [0.29, 0.717) is 25.1 Å². The van der Waals surface area contributed by atoms with E-state index in [1.807, 2.05) is 39.0 Å². The normalized spacial score (nSPS) is 10.4. The number of aryl methyl sites for hydroxylation is 2. The molecule has 1 rings (SSSR count). The molecule has 0 N–H and O–H groups in total. The average molecular weight is 342 g/mol. The molecule has 0 fully saturated rings. The van der Waals surface area contributed by atoms with E-state index in [9.17, 15) is 9.59 Å². The maximum Gasteiger partial charge on any atom is 0.347 e. The Morgan fingerprint density at radius 2 is 1.74 bits per heavy atom. The van der Waals surface area contributed by atoms with Gasteiger partial charge < -0.3 is 9.57 Å². The number of para-hydroxylation sites is 1. The van der Waals surface area contributed by atoms with Gasteiger partial charge in [0.25, 0.3) is 5.91 Å². The highest BCUT2D eigenvalue weighted by molar-refractivity contribution is 6.26. The lowest BCUT2D eigenvalue weighted by Gasteiger charge is -2.25. The molecule has 23 heavy (non-hydrogen) atoms. The maximum atomic E-state index is 12.5. The van der Waals surface area contributed by atoms with Gasteiger partial charge >= 0.3 is 5.97 Å². The van der Waals surface area contributed by atoms with Crippen molar-refractivity contribution < 1.29 is 19.2 Å². The predicted molar refractivity (Wildman–Crippen MR) is 90.6 cm³/mol. The molecule has 5 nitrogen and oxygen atoms in total. The van der Waals surface area contributed by atoms with Crippen molar-refractivity contribution in [2.45, 2.75) is 40.0 Å². The van der Waals surface area contributed by atoms with E-state index in [4.69, 9.17) is 21.2 Å². The van der Waals surface area contributed by atoms with Crippen LogP contribution in [-0.4, -0.2) is 31.0 Å². The highest BCUT2D eigenvalue weighted by Gasteiger charge is 2.25. The Hall–Kier alpha value is -1.59. The lowest BCUT2D eigenvalue weighted by atomic mass is 10.0. The van der Waals surface area contributed by atoms with Gasteiger partial charge in [0.2, 0.25) is 0 Å². The summed E-state index contributed by atoms with van der Waals surface area (Å²) < 4.78 is 5.29. The number of hydrogen-bond donors (Lipinski definition) is 0. The molecule has 0 saturated heterocycles. The van der Waals surface area contributed by atoms with Gasteiger partial charge in [-0.25, -0.2) is 4.79 Å². The Morgan fingerprint density at radius 3 is 2.22 bits per heavy atom. The van der Waals surface area contributed by atoms with Gasteiger partial charge in [-0.3, -0.25) is 4.79 Å². The number of nitrogens with zero attached hydrogens (tertiary/aromatic N) is 1. The molecule has 0 atom stereocenters. The van der Waals surface area contributed by atoms with Crippen LogP contribution in [0.4, 0.5) is 5.69 Å². The number of ether oxygens (including phenoxy) is 1. The van der Waals surface area contributed by atoms with Crippen LogP contribution in [0.25, 0.3) is 0 Å². The summed E-state index contributed by atoms with van der Waals surface area (Å²) in [5, 5.41) is 1.04. The highest BCUT2D eigenvalue weighted by Crippen LogP contribution is 2.27. The molecule has 0 aliphatic carbocycles. The summed E-state index contributed by atoms with van der Waals surface area (Å²) >= 11 is 5.52. The number of anilines is 1. The molecule has 0 heterocycles. The average Bonchev–Trinajstić information content (AvgIpc) is 2.58. The minimum atomic E-state index is -0.677. The van der Waals surface area contributed by atoms with E-state index >= 15 is 0 Å². The molecule has 0 aromatic heterocycles. The topological polar surface area (TPSA) is 55.8 Å². The standard InChI is InChI=1S/C17H24ClNO4/c1-4-10-22-12-15(20)19(23-16(21)11-18)17-13(5-2)8-7-9-14(17)6-3/h7-9H,4-6,10-12H2,1-3H3. The van der Waals surface area contributed by atoms with Crippen molar-refractivity contribution in [2.24, 2.45) is 0 Å². The van der Waals surface area contributed by atoms with Crippen molar-refractivity contribution in [3.63, 3.8) is 0 Å². The lowest BCUT2D eigenvalue weighted by molar-refractivity contribution is -0.149. The number of carbonyl (C=O) groups is 2. The van der Waals surface area contributed by atoms with E-state index < -0.39 is 11.9 Å². The van der Waals surface area contributed by atoms with Gasteiger partial charge in [-0.15, -0.1) is 16.7 Å². The minimum absolute atomic E-state index is 0.148. The van der Waals surface area contributed by atoms with Crippen LogP contribution < -0.4 is 5.06 Å². The van der Waals surface area contributed by atoms with Gasteiger partial charge in [0.15, 0.2) is 0 Å². The molecule has 0 aliphatic heterocycles. The summed E-state index contributed by atoms with van der Waals surface area (Å²) in [6.45, 7) is 6.25. The van der Waals surface area contributed by atoms with E-state index in [2.05, 4.69) is 0 Å². The number of amides is 1. The Balaban J connectivity index is 3.17. The van der Waals surface area contributed by atoms with Gasteiger partial charge in [-0.05, 0) is 30.4 Å². The van der Waals surface area contributed by atoms with E-state index in [1.54, 1.807) is 0 Å². The molecular weight excluding hydrogens is 318 g/mol. The first-order valence-corrected chi connectivity index (χ1v) is 8.40. The molecule has 0 unspecified atom stereocenters. The number of halogens is 1. The third-order valence-corrected chi connectivity index (χ3v) is 3.49. The fraction of sp³-hybridized carbons (Fsp3) is 0.529. The smallest absolute Gasteiger partial charge is 0.347 e. The molecule has 0 radical (unpaired) electrons. The number of hydroxylamine groups is 1. The van der Waals surface area contributed by atoms with Crippen LogP contribution in [0, 0.1) is 0 Å². The first kappa shape index (κ1) is 19.5. The number of hydrogen-bond acceptors (Lipinski definition) is 4. The number of carbonyl (C=O) groups excluding carboxylic acids is 2. The molecule has 0 saturated carbocycles. The van der Waals surface area contributed by atoms with Crippen LogP contribution >= 0.6 is 11.6 Å². The van der Waals surface area contributed by atoms with Crippen molar-refractivity contribution in [3.8, 4) is 0 Å². The SMILES string of the molecule is CCCOCC(=O)N(OC(=O)CCl)c1c(CC)cccc1CC. The second-order valence-corrected chi connectivity index (χ2v) is 5.24. The van der Waals surface area contributed by atoms with Gasteiger partial charge in [-0.1, -0.05) is 39.0 Å². The molecular formula is C17H24ClNO4. The molecule has 0 spiro atoms. The lowest BCUT2D eigenvalue weighted by Crippen LogP contribution is -2.38. The Labute approximate surface area is 142 Å². The molecule has 1 aromatic rings. The summed E-state index contributed by atoms with van der Waals surface area (Å²) in [6.07, 6.45) is 2.23. The number of benzene rings is 1. The van der Waals surface area contributed by atoms with Crippen LogP contribution in [-0.2, 0) is 32.0 Å². The second kappa shape index (κ2) is 10.2. The van der Waals surface area contributed by atoms with Crippen LogP contribution in [0.3, 0.4) is 0 Å². The van der Waals surface area contributed by atoms with E-state index in [-0.39, 0.29) is 12.5 Å². The monoisotopic (exact) mass is 341 g/mol. The summed E-state index contributed by atoms with van der Waals surface area (Å²) in [5.74, 6) is -1.43. The zero-order chi connectivity index (χ0) is 17.2. The molecule has 1 amide bonds. The van der Waals surface area contributed by atoms with Crippen molar-refractivity contribution >= 4 is 29.2 Å². The van der Waals surface area contributed by atoms with Crippen molar-refractivity contribution in [1.82, 2.24) is 0 Å². The maximum absolute atomic E-state index is 12.5. The summed E-state index contributed by atoms with van der Waals surface area (Å²) in [6, 6.07) is 5.76. The number of alkyl halides is 1. The predicted octanol–water partition coefficient (Wildman–Crippen LogP) is 3.27. The minimum Gasteiger partial charge on any atom is -0.372 e. The Bertz CT molecular complexity index is 511. The molecule has 6 heteroatoms. The van der Waals surface area contributed by atoms with Gasteiger partial charge in [0, 0.05) is 6.61 Å². The fourth-order valence-electron chi connectivity index (χ4n) is 2.19. The van der Waals surface area contributed by atoms with Crippen molar-refractivity contribution in [1.29, 1.82) is 0 Å². The summed E-state index contributed by atoms with van der Waals surface area (Å²) in [4.78, 5) is 29.3. The first-order chi connectivity index (χ1) is 11.1. The molecule has 128 valence electrons. The van der Waals surface area contributed by atoms with Crippen LogP contribution in [0.1, 0.15) is 38.3 Å². The highest BCUT2D eigenvalue weighted by atomic mass is 35.5. The van der Waals surface area contributed by atoms with Crippen LogP contribution in [0.15, 0.2) is 18.2 Å². The zero-order valence-electron chi connectivity index (χ0n) is 13.9. The van der Waals surface area contributed by atoms with E-state index in [0.717, 1.165) is 22.6 Å². The van der Waals surface area contributed by atoms with E-state index in [1.165, 1.54) is 0 Å². The zero-order valence-corrected chi connectivity index (χ0v) is 14.7. The summed E-state index contributed by atoms with van der Waals surface area (Å²) in [5.41, 5.74) is 2.46. The van der Waals surface area contributed by atoms with Gasteiger partial charge in [-0.2, -0.15) is 0 Å². The van der Waals surface area contributed by atoms with Crippen molar-refractivity contribution in [2.75, 3.05) is 24.2 Å². The Morgan fingerprint density at radius 1 is 1.13 bits per heavy atom. The summed E-state index contributed by atoms with van der Waals surface area (Å²) in [7, 11) is 0. The fourth-order valence-corrected chi connectivity index (χ4v) is 2.23. The van der Waals surface area contributed by atoms with Gasteiger partial charge in [0.05, 0.1) is 5.69 Å². The second-order valence-electron chi connectivity index (χ2n) is 4.97. The molecule has 0 aliphatic rings. The molecule has 1 aromatic carbocycles. The third-order valence-electron chi connectivity index (χ3n) is 3.27. The largest absolute Gasteiger partial charge is 0.372 e. The van der Waals surface area contributed by atoms with Gasteiger partial charge in [0.1, 0.15) is 12.5 Å². The van der Waals surface area contributed by atoms with Crippen LogP contribution in [0.2, 0.25) is 0 Å². The third kappa shape index (κ3) is 5.52. The Kier molecular flexibility index (Phi) is 8.66. The first-order valence-electron chi connectivity index (χ1n) is 7.87. The van der Waals surface area contributed by atoms with Crippen molar-refractivity contribution in [3.05, 3.63) is 29.3 Å².